The molecule has 0 spiro atoms. The lowest BCUT2D eigenvalue weighted by molar-refractivity contribution is 0.470. The summed E-state index contributed by atoms with van der Waals surface area (Å²) in [4.78, 5) is 0. The highest BCUT2D eigenvalue weighted by molar-refractivity contribution is 6.35. The van der Waals surface area contributed by atoms with Crippen LogP contribution in [0.4, 0.5) is 0 Å². The van der Waals surface area contributed by atoms with Gasteiger partial charge in [0, 0.05) is 5.02 Å². The lowest BCUT2D eigenvalue weighted by Crippen LogP contribution is -1.82. The summed E-state index contributed by atoms with van der Waals surface area (Å²) >= 11 is 11.3. The van der Waals surface area contributed by atoms with E-state index >= 15 is 0 Å². The maximum Gasteiger partial charge on any atom is 0.137 e. The van der Waals surface area contributed by atoms with E-state index in [1.165, 1.54) is 6.07 Å². The molecule has 3 heteroatoms. The maximum atomic E-state index is 9.29. The van der Waals surface area contributed by atoms with Gasteiger partial charge in [0.05, 0.1) is 5.02 Å². The Balaban J connectivity index is 3.24. The fraction of sp³-hybridized carbons (Fsp3) is 0.125. The lowest BCUT2D eigenvalue weighted by atomic mass is 10.1. The summed E-state index contributed by atoms with van der Waals surface area (Å²) in [5.41, 5.74) is 0.669. The van der Waals surface area contributed by atoms with E-state index in [9.17, 15) is 5.11 Å². The van der Waals surface area contributed by atoms with Crippen molar-refractivity contribution in [2.24, 2.45) is 0 Å². The number of halogens is 2. The Hall–Kier alpha value is -0.400. The molecule has 1 N–H and O–H groups in total. The second-order valence-electron chi connectivity index (χ2n) is 2.15. The van der Waals surface area contributed by atoms with E-state index in [2.05, 4.69) is 6.92 Å². The van der Waals surface area contributed by atoms with Crippen LogP contribution < -0.4 is 0 Å². The number of hydrogen-bond acceptors (Lipinski definition) is 1. The first-order chi connectivity index (χ1) is 5.15. The van der Waals surface area contributed by atoms with E-state index in [0.29, 0.717) is 17.0 Å². The fourth-order valence-corrected chi connectivity index (χ4v) is 1.35. The normalized spacial score (nSPS) is 10.1. The molecule has 0 unspecified atom stereocenters. The number of phenols is 1. The van der Waals surface area contributed by atoms with Crippen molar-refractivity contribution in [1.82, 2.24) is 0 Å². The van der Waals surface area contributed by atoms with Crippen molar-refractivity contribution in [3.05, 3.63) is 34.7 Å². The van der Waals surface area contributed by atoms with Gasteiger partial charge in [0.15, 0.2) is 0 Å². The third kappa shape index (κ3) is 1.79. The molecule has 0 amide bonds. The summed E-state index contributed by atoms with van der Waals surface area (Å²) in [5, 5.41) is 10.1. The topological polar surface area (TPSA) is 20.2 Å². The van der Waals surface area contributed by atoms with E-state index in [4.69, 9.17) is 23.2 Å². The van der Waals surface area contributed by atoms with E-state index in [-0.39, 0.29) is 10.8 Å². The average Bonchev–Trinajstić information content (AvgIpc) is 1.96. The van der Waals surface area contributed by atoms with Crippen LogP contribution in [0.1, 0.15) is 5.56 Å². The fourth-order valence-electron chi connectivity index (χ4n) is 0.810. The zero-order valence-electron chi connectivity index (χ0n) is 5.77. The van der Waals surface area contributed by atoms with Crippen molar-refractivity contribution in [1.29, 1.82) is 0 Å². The molecule has 11 heavy (non-hydrogen) atoms. The van der Waals surface area contributed by atoms with Crippen LogP contribution in [0.5, 0.6) is 5.75 Å². The van der Waals surface area contributed by atoms with Crippen LogP contribution in [0.15, 0.2) is 12.1 Å². The number of hydrogen-bond donors (Lipinski definition) is 1. The van der Waals surface area contributed by atoms with E-state index in [1.807, 2.05) is 0 Å². The van der Waals surface area contributed by atoms with Crippen LogP contribution in [0.2, 0.25) is 10.0 Å². The Morgan fingerprint density at radius 3 is 2.55 bits per heavy atom. The Morgan fingerprint density at radius 2 is 2.00 bits per heavy atom. The molecular formula is C8H7Cl2O. The predicted octanol–water partition coefficient (Wildman–Crippen LogP) is 3.08. The van der Waals surface area contributed by atoms with Crippen LogP contribution in [0.25, 0.3) is 0 Å². The first-order valence-corrected chi connectivity index (χ1v) is 3.87. The van der Waals surface area contributed by atoms with Crippen LogP contribution >= 0.6 is 23.2 Å². The molecule has 0 bridgehead atoms. The molecule has 0 aliphatic carbocycles. The molecule has 0 aliphatic rings. The quantitative estimate of drug-likeness (QED) is 0.721. The van der Waals surface area contributed by atoms with Crippen LogP contribution in [0.3, 0.4) is 0 Å². The summed E-state index contributed by atoms with van der Waals surface area (Å²) in [6.07, 6.45) is 0.478. The minimum Gasteiger partial charge on any atom is -0.506 e. The summed E-state index contributed by atoms with van der Waals surface area (Å²) in [5.74, 6) is 0.0751. The summed E-state index contributed by atoms with van der Waals surface area (Å²) in [6.45, 7) is 3.62. The van der Waals surface area contributed by atoms with Gasteiger partial charge in [-0.2, -0.15) is 0 Å². The molecule has 1 nitrogen and oxygen atoms in total. The smallest absolute Gasteiger partial charge is 0.137 e. The third-order valence-electron chi connectivity index (χ3n) is 1.38. The van der Waals surface area contributed by atoms with Crippen LogP contribution in [-0.2, 0) is 6.42 Å². The van der Waals surface area contributed by atoms with Crippen molar-refractivity contribution >= 4 is 23.2 Å². The molecule has 1 rings (SSSR count). The Kier molecular flexibility index (Phi) is 2.63. The van der Waals surface area contributed by atoms with Gasteiger partial charge >= 0.3 is 0 Å². The molecule has 0 aromatic heterocycles. The summed E-state index contributed by atoms with van der Waals surface area (Å²) in [7, 11) is 0. The number of aromatic hydroxyl groups is 1. The molecule has 0 atom stereocenters. The first-order valence-electron chi connectivity index (χ1n) is 3.11. The monoisotopic (exact) mass is 189 g/mol. The molecule has 0 fully saturated rings. The predicted molar refractivity (Wildman–Crippen MR) is 47.2 cm³/mol. The van der Waals surface area contributed by atoms with Gasteiger partial charge < -0.3 is 5.11 Å². The highest BCUT2D eigenvalue weighted by Crippen LogP contribution is 2.30. The SMILES string of the molecule is [CH2]Cc1cc(Cl)cc(Cl)c1O. The number of phenolic OH excluding ortho intramolecular Hbond substituents is 1. The van der Waals surface area contributed by atoms with E-state index in [0.717, 1.165) is 0 Å². The van der Waals surface area contributed by atoms with Crippen molar-refractivity contribution in [3.8, 4) is 5.75 Å². The molecular weight excluding hydrogens is 183 g/mol. The highest BCUT2D eigenvalue weighted by Gasteiger charge is 2.04. The van der Waals surface area contributed by atoms with Crippen LogP contribution in [0, 0.1) is 6.92 Å². The highest BCUT2D eigenvalue weighted by atomic mass is 35.5. The van der Waals surface area contributed by atoms with Crippen molar-refractivity contribution in [3.63, 3.8) is 0 Å². The van der Waals surface area contributed by atoms with Crippen LogP contribution in [-0.4, -0.2) is 5.11 Å². The second kappa shape index (κ2) is 3.33. The minimum atomic E-state index is 0.0751. The molecule has 1 aromatic rings. The Bertz CT molecular complexity index is 271. The van der Waals surface area contributed by atoms with Crippen molar-refractivity contribution < 1.29 is 5.11 Å². The first kappa shape index (κ1) is 8.69. The third-order valence-corrected chi connectivity index (χ3v) is 1.88. The number of rotatable bonds is 1. The summed E-state index contributed by atoms with van der Waals surface area (Å²) < 4.78 is 0. The molecule has 1 radical (unpaired) electrons. The van der Waals surface area contributed by atoms with Gasteiger partial charge in [-0.1, -0.05) is 23.2 Å². The van der Waals surface area contributed by atoms with Crippen molar-refractivity contribution in [2.75, 3.05) is 0 Å². The van der Waals surface area contributed by atoms with Gasteiger partial charge in [-0.3, -0.25) is 0 Å². The molecule has 59 valence electrons. The van der Waals surface area contributed by atoms with Gasteiger partial charge in [-0.25, -0.2) is 0 Å². The van der Waals surface area contributed by atoms with Gasteiger partial charge in [0.1, 0.15) is 5.75 Å². The van der Waals surface area contributed by atoms with Crippen molar-refractivity contribution in [2.45, 2.75) is 6.42 Å². The Labute approximate surface area is 75.6 Å². The zero-order chi connectivity index (χ0) is 8.43. The molecule has 0 saturated carbocycles. The van der Waals surface area contributed by atoms with E-state index in [1.54, 1.807) is 6.07 Å². The molecule has 0 heterocycles. The molecule has 0 saturated heterocycles. The standard InChI is InChI=1S/C8H7Cl2O/c1-2-5-3-6(9)4-7(10)8(5)11/h3-4,11H,1-2H2. The Morgan fingerprint density at radius 1 is 1.36 bits per heavy atom. The van der Waals surface area contributed by atoms with Gasteiger partial charge in [-0.05, 0) is 31.0 Å². The largest absolute Gasteiger partial charge is 0.506 e. The summed E-state index contributed by atoms with van der Waals surface area (Å²) in [6, 6.07) is 3.15. The van der Waals surface area contributed by atoms with Gasteiger partial charge in [0.25, 0.3) is 0 Å². The second-order valence-corrected chi connectivity index (χ2v) is 2.99. The zero-order valence-corrected chi connectivity index (χ0v) is 7.28. The van der Waals surface area contributed by atoms with Gasteiger partial charge in [-0.15, -0.1) is 0 Å². The molecule has 0 aliphatic heterocycles. The van der Waals surface area contributed by atoms with Gasteiger partial charge in [0.2, 0.25) is 0 Å². The van der Waals surface area contributed by atoms with E-state index < -0.39 is 0 Å². The average molecular weight is 190 g/mol. The maximum absolute atomic E-state index is 9.29. The minimum absolute atomic E-state index is 0.0751. The molecule has 1 aromatic carbocycles. The number of benzene rings is 1. The lowest BCUT2D eigenvalue weighted by Gasteiger charge is -2.03.